The fourth-order valence-electron chi connectivity index (χ4n) is 0.684. The molecule has 10 heteroatoms. The number of hydrogen-bond donors (Lipinski definition) is 2. The van der Waals surface area contributed by atoms with Crippen LogP contribution in [0.1, 0.15) is 12.8 Å². The van der Waals surface area contributed by atoms with Gasteiger partial charge in [0.1, 0.15) is 5.60 Å². The Morgan fingerprint density at radius 2 is 1.25 bits per heavy atom. The van der Waals surface area contributed by atoms with Gasteiger partial charge in [0.25, 0.3) is 0 Å². The topological polar surface area (TPSA) is 176 Å². The fourth-order valence-corrected chi connectivity index (χ4v) is 0.684. The second-order valence-corrected chi connectivity index (χ2v) is 2.42. The average Bonchev–Trinajstić information content (AvgIpc) is 1.82. The molecule has 0 rings (SSSR count). The maximum absolute atomic E-state index is 10.1. The minimum atomic E-state index is -2.97. The first-order chi connectivity index (χ1) is 5.78. The van der Waals surface area contributed by atoms with Crippen LogP contribution in [0.4, 0.5) is 0 Å². The number of aliphatic hydroxyl groups is 1. The molecule has 4 N–H and O–H groups in total. The number of carboxylic acids is 3. The zero-order chi connectivity index (χ0) is 10.6. The smallest absolute Gasteiger partial charge is 0.550 e. The quantitative estimate of drug-likeness (QED) is 0.385. The van der Waals surface area contributed by atoms with E-state index in [0.29, 0.717) is 0 Å². The molecule has 8 nitrogen and oxygen atoms in total. The third kappa shape index (κ3) is 10.0. The van der Waals surface area contributed by atoms with Crippen LogP contribution < -0.4 is 72.9 Å². The molecule has 0 aromatic carbocycles. The summed E-state index contributed by atoms with van der Waals surface area (Å²) in [5.41, 5.74) is -2.97. The summed E-state index contributed by atoms with van der Waals surface area (Å²) in [4.78, 5) is 30.0. The first-order valence-electron chi connectivity index (χ1n) is 3.11. The zero-order valence-electron chi connectivity index (χ0n) is 8.47. The summed E-state index contributed by atoms with van der Waals surface area (Å²) in [5, 5.41) is 38.9. The van der Waals surface area contributed by atoms with E-state index < -0.39 is 36.4 Å². The summed E-state index contributed by atoms with van der Waals surface area (Å²) in [5.74, 6) is -5.98. The standard InChI is InChI=1S/C6H8O7.Bi.K.H3N/c7-3(8)1-6(13,5(11)12)2-4(9)10;;;/h13H,1-2H2,(H,7,8)(H,9,10)(H,11,12);;;1H3/q;+3;+1;/p-3. The summed E-state index contributed by atoms with van der Waals surface area (Å²) in [6, 6.07) is 0. The van der Waals surface area contributed by atoms with Gasteiger partial charge in [0.05, 0.1) is 5.97 Å². The molecule has 0 amide bonds. The van der Waals surface area contributed by atoms with Gasteiger partial charge >= 0.3 is 77.6 Å². The minimum Gasteiger partial charge on any atom is -0.550 e. The van der Waals surface area contributed by atoms with Gasteiger partial charge in [0.15, 0.2) is 0 Å². The summed E-state index contributed by atoms with van der Waals surface area (Å²) in [6.45, 7) is 0. The number of rotatable bonds is 5. The maximum atomic E-state index is 10.1. The number of aliphatic carboxylic acids is 3. The van der Waals surface area contributed by atoms with Crippen LogP contribution in [0.5, 0.6) is 0 Å². The SMILES string of the molecule is N.O=C([O-])CC(O)(CC(=O)[O-])C(=O)[O-].[Bi+3].[K+]. The van der Waals surface area contributed by atoms with Crippen molar-refractivity contribution in [2.24, 2.45) is 0 Å². The Morgan fingerprint density at radius 3 is 1.38 bits per heavy atom. The minimum absolute atomic E-state index is 0. The van der Waals surface area contributed by atoms with E-state index in [0.717, 1.165) is 0 Å². The van der Waals surface area contributed by atoms with Gasteiger partial charge in [0, 0.05) is 24.8 Å². The van der Waals surface area contributed by atoms with Crippen molar-refractivity contribution in [2.45, 2.75) is 18.4 Å². The van der Waals surface area contributed by atoms with Gasteiger partial charge in [-0.15, -0.1) is 0 Å². The summed E-state index contributed by atoms with van der Waals surface area (Å²) in [7, 11) is 0. The van der Waals surface area contributed by atoms with E-state index in [4.69, 9.17) is 5.11 Å². The summed E-state index contributed by atoms with van der Waals surface area (Å²) < 4.78 is 0. The molecule has 0 heterocycles. The van der Waals surface area contributed by atoms with Gasteiger partial charge < -0.3 is 41.0 Å². The summed E-state index contributed by atoms with van der Waals surface area (Å²) >= 11 is 0. The second kappa shape index (κ2) is 11.0. The van der Waals surface area contributed by atoms with Crippen LogP contribution in [0.3, 0.4) is 0 Å². The molecular formula is C6H8BiKNO7+. The molecule has 0 aliphatic rings. The van der Waals surface area contributed by atoms with Crippen molar-refractivity contribution in [1.29, 1.82) is 0 Å². The van der Waals surface area contributed by atoms with E-state index >= 15 is 0 Å². The third-order valence-electron chi connectivity index (χ3n) is 1.25. The van der Waals surface area contributed by atoms with Crippen LogP contribution in [-0.2, 0) is 14.4 Å². The maximum Gasteiger partial charge on any atom is 3.00 e. The van der Waals surface area contributed by atoms with E-state index in [9.17, 15) is 29.7 Å². The van der Waals surface area contributed by atoms with E-state index in [1.807, 2.05) is 0 Å². The van der Waals surface area contributed by atoms with Gasteiger partial charge in [-0.2, -0.15) is 0 Å². The normalized spacial score (nSPS) is 8.81. The monoisotopic (exact) mass is 454 g/mol. The van der Waals surface area contributed by atoms with Crippen LogP contribution in [0.2, 0.25) is 0 Å². The van der Waals surface area contributed by atoms with Crippen molar-refractivity contribution in [3.05, 3.63) is 0 Å². The molecular weight excluding hydrogens is 446 g/mol. The Bertz CT molecular complexity index is 243. The van der Waals surface area contributed by atoms with Gasteiger partial charge in [-0.25, -0.2) is 0 Å². The van der Waals surface area contributed by atoms with E-state index in [-0.39, 0.29) is 83.7 Å². The van der Waals surface area contributed by atoms with Crippen molar-refractivity contribution in [3.63, 3.8) is 0 Å². The van der Waals surface area contributed by atoms with Crippen molar-refractivity contribution in [2.75, 3.05) is 0 Å². The molecule has 0 unspecified atom stereocenters. The number of hydrogen-bond acceptors (Lipinski definition) is 8. The molecule has 0 saturated heterocycles. The predicted molar refractivity (Wildman–Crippen MR) is 40.0 cm³/mol. The van der Waals surface area contributed by atoms with Crippen molar-refractivity contribution in [1.82, 2.24) is 6.15 Å². The van der Waals surface area contributed by atoms with E-state index in [2.05, 4.69) is 0 Å². The molecule has 0 aliphatic heterocycles. The largest absolute Gasteiger partial charge is 3.00 e. The predicted octanol–water partition coefficient (Wildman–Crippen LogP) is -8.47. The van der Waals surface area contributed by atoms with Crippen molar-refractivity contribution < 1.29 is 86.2 Å². The van der Waals surface area contributed by atoms with Crippen molar-refractivity contribution >= 4 is 44.1 Å². The molecule has 0 aromatic rings. The van der Waals surface area contributed by atoms with Gasteiger partial charge in [-0.1, -0.05) is 0 Å². The van der Waals surface area contributed by atoms with Gasteiger partial charge in [-0.05, 0) is 0 Å². The molecule has 0 aromatic heterocycles. The number of carbonyl (C=O) groups excluding carboxylic acids is 3. The Hall–Kier alpha value is 0.849. The van der Waals surface area contributed by atoms with Crippen LogP contribution in [0, 0.1) is 0 Å². The van der Waals surface area contributed by atoms with Crippen LogP contribution in [0.15, 0.2) is 0 Å². The van der Waals surface area contributed by atoms with Gasteiger partial charge in [0.2, 0.25) is 0 Å². The molecule has 0 saturated carbocycles. The molecule has 0 aliphatic carbocycles. The van der Waals surface area contributed by atoms with Crippen molar-refractivity contribution in [3.8, 4) is 0 Å². The van der Waals surface area contributed by atoms with Gasteiger partial charge in [-0.3, -0.25) is 0 Å². The third-order valence-corrected chi connectivity index (χ3v) is 1.25. The molecule has 0 fully saturated rings. The molecule has 0 atom stereocenters. The fraction of sp³-hybridized carbons (Fsp3) is 0.500. The van der Waals surface area contributed by atoms with Crippen LogP contribution in [-0.4, -0.2) is 54.8 Å². The Balaban J connectivity index is -0.000000240. The zero-order valence-corrected chi connectivity index (χ0v) is 15.1. The number of carbonyl (C=O) groups is 3. The number of carboxylic acid groups (broad SMARTS) is 3. The first-order valence-corrected chi connectivity index (χ1v) is 3.11. The Labute approximate surface area is 153 Å². The molecule has 0 bridgehead atoms. The van der Waals surface area contributed by atoms with Crippen LogP contribution >= 0.6 is 0 Å². The molecule has 84 valence electrons. The molecule has 16 heavy (non-hydrogen) atoms. The molecule has 0 spiro atoms. The second-order valence-electron chi connectivity index (χ2n) is 2.42. The van der Waals surface area contributed by atoms with Crippen LogP contribution in [0.25, 0.3) is 0 Å². The Morgan fingerprint density at radius 1 is 1.00 bits per heavy atom. The first kappa shape index (κ1) is 25.6. The Kier molecular flexibility index (Phi) is 17.6. The average molecular weight is 454 g/mol. The van der Waals surface area contributed by atoms with E-state index in [1.165, 1.54) is 0 Å². The van der Waals surface area contributed by atoms with E-state index in [1.54, 1.807) is 0 Å². The summed E-state index contributed by atoms with van der Waals surface area (Å²) in [6.07, 6.45) is -2.72. The molecule has 2 radical (unpaired) electrons.